The fourth-order valence-electron chi connectivity index (χ4n) is 3.79. The first-order valence-electron chi connectivity index (χ1n) is 11.2. The summed E-state index contributed by atoms with van der Waals surface area (Å²) in [7, 11) is 0. The molecule has 2 aromatic carbocycles. The van der Waals surface area contributed by atoms with E-state index in [0.29, 0.717) is 17.7 Å². The van der Waals surface area contributed by atoms with Gasteiger partial charge < -0.3 is 15.8 Å². The van der Waals surface area contributed by atoms with Gasteiger partial charge in [-0.15, -0.1) is 0 Å². The van der Waals surface area contributed by atoms with Crippen molar-refractivity contribution in [2.45, 2.75) is 31.7 Å². The number of carbonyl (C=O) groups is 3. The summed E-state index contributed by atoms with van der Waals surface area (Å²) in [4.78, 5) is 41.8. The van der Waals surface area contributed by atoms with Crippen LogP contribution in [0, 0.1) is 17.1 Å². The standard InChI is InChI=1S/C26H22FN5O4/c1-2-21(33)17-7-8-19(27)23(24(17)36-25(34)15-4-3-5-16(29)10-15)18-11-20(18)31-26(35)32-22-9-6-14(12-28)13-30-22/h3-10,13,18,20H,2,11,29H2,1H3,(H2,30,31,32,35)/t18-,20+/m0/s1. The zero-order valence-corrected chi connectivity index (χ0v) is 19.2. The van der Waals surface area contributed by atoms with Crippen LogP contribution >= 0.6 is 0 Å². The van der Waals surface area contributed by atoms with Gasteiger partial charge in [-0.3, -0.25) is 10.1 Å². The van der Waals surface area contributed by atoms with E-state index in [4.69, 9.17) is 15.7 Å². The summed E-state index contributed by atoms with van der Waals surface area (Å²) in [6, 6.07) is 12.5. The van der Waals surface area contributed by atoms with E-state index in [-0.39, 0.29) is 40.5 Å². The largest absolute Gasteiger partial charge is 0.422 e. The quantitative estimate of drug-likeness (QED) is 0.196. The summed E-state index contributed by atoms with van der Waals surface area (Å²) in [5.41, 5.74) is 6.74. The van der Waals surface area contributed by atoms with Gasteiger partial charge in [0.1, 0.15) is 23.5 Å². The second kappa shape index (κ2) is 10.2. The van der Waals surface area contributed by atoms with Crippen LogP contribution in [0.4, 0.5) is 20.7 Å². The van der Waals surface area contributed by atoms with Crippen molar-refractivity contribution in [1.29, 1.82) is 5.26 Å². The van der Waals surface area contributed by atoms with Gasteiger partial charge >= 0.3 is 12.0 Å². The molecule has 1 aliphatic rings. The van der Waals surface area contributed by atoms with E-state index in [1.165, 1.54) is 36.5 Å². The van der Waals surface area contributed by atoms with E-state index < -0.39 is 29.8 Å². The number of halogens is 1. The maximum absolute atomic E-state index is 15.0. The highest BCUT2D eigenvalue weighted by Gasteiger charge is 2.44. The molecule has 1 aromatic heterocycles. The lowest BCUT2D eigenvalue weighted by Gasteiger charge is -2.15. The SMILES string of the molecule is CCC(=O)c1ccc(F)c([C@H]2C[C@H]2NC(=O)Nc2ccc(C#N)cn2)c1OC(=O)c1cccc(N)c1. The molecule has 0 unspecified atom stereocenters. The number of carbonyl (C=O) groups excluding carboxylic acids is 3. The maximum atomic E-state index is 15.0. The van der Waals surface area contributed by atoms with Gasteiger partial charge in [0.25, 0.3) is 0 Å². The Bertz CT molecular complexity index is 1380. The van der Waals surface area contributed by atoms with Crippen molar-refractivity contribution >= 4 is 29.3 Å². The average molecular weight is 487 g/mol. The number of aromatic nitrogens is 1. The van der Waals surface area contributed by atoms with Gasteiger partial charge in [-0.05, 0) is 48.9 Å². The van der Waals surface area contributed by atoms with Crippen molar-refractivity contribution in [2.24, 2.45) is 0 Å². The number of nitrogens with zero attached hydrogens (tertiary/aromatic N) is 2. The van der Waals surface area contributed by atoms with Crippen molar-refractivity contribution in [3.63, 3.8) is 0 Å². The van der Waals surface area contributed by atoms with Crippen LogP contribution < -0.4 is 21.1 Å². The van der Waals surface area contributed by atoms with Gasteiger partial charge in [0, 0.05) is 35.8 Å². The van der Waals surface area contributed by atoms with Crippen LogP contribution in [0.3, 0.4) is 0 Å². The zero-order chi connectivity index (χ0) is 25.8. The molecule has 1 heterocycles. The third kappa shape index (κ3) is 5.31. The first kappa shape index (κ1) is 24.3. The lowest BCUT2D eigenvalue weighted by molar-refractivity contribution is 0.0730. The fraction of sp³-hybridized carbons (Fsp3) is 0.192. The molecule has 9 nitrogen and oxygen atoms in total. The highest BCUT2D eigenvalue weighted by molar-refractivity contribution is 6.01. The number of ether oxygens (including phenoxy) is 1. The molecule has 4 rings (SSSR count). The monoisotopic (exact) mass is 487 g/mol. The fourth-order valence-corrected chi connectivity index (χ4v) is 3.79. The second-order valence-electron chi connectivity index (χ2n) is 8.22. The second-order valence-corrected chi connectivity index (χ2v) is 8.22. The summed E-state index contributed by atoms with van der Waals surface area (Å²) < 4.78 is 20.6. The molecule has 2 amide bonds. The minimum Gasteiger partial charge on any atom is -0.422 e. The van der Waals surface area contributed by atoms with Crippen molar-refractivity contribution < 1.29 is 23.5 Å². The Hall–Kier alpha value is -4.78. The molecule has 3 aromatic rings. The van der Waals surface area contributed by atoms with Gasteiger partial charge in [0.05, 0.1) is 16.7 Å². The number of benzene rings is 2. The van der Waals surface area contributed by atoms with Crippen LogP contribution in [-0.4, -0.2) is 28.8 Å². The molecule has 0 spiro atoms. The van der Waals surface area contributed by atoms with Gasteiger partial charge in [-0.1, -0.05) is 13.0 Å². The summed E-state index contributed by atoms with van der Waals surface area (Å²) in [6.07, 6.45) is 1.82. The first-order valence-corrected chi connectivity index (χ1v) is 11.2. The van der Waals surface area contributed by atoms with Crippen molar-refractivity contribution in [3.8, 4) is 11.8 Å². The molecule has 4 N–H and O–H groups in total. The van der Waals surface area contributed by atoms with Crippen molar-refractivity contribution in [1.82, 2.24) is 10.3 Å². The topological polar surface area (TPSA) is 147 Å². The number of ketones is 1. The third-order valence-corrected chi connectivity index (χ3v) is 5.69. The van der Waals surface area contributed by atoms with Crippen molar-refractivity contribution in [2.75, 3.05) is 11.1 Å². The lowest BCUT2D eigenvalue weighted by Crippen LogP contribution is -2.31. The number of amides is 2. The summed E-state index contributed by atoms with van der Waals surface area (Å²) >= 11 is 0. The molecule has 1 aliphatic carbocycles. The summed E-state index contributed by atoms with van der Waals surface area (Å²) in [6.45, 7) is 1.65. The van der Waals surface area contributed by atoms with E-state index >= 15 is 4.39 Å². The number of nitriles is 1. The van der Waals surface area contributed by atoms with Crippen LogP contribution in [-0.2, 0) is 0 Å². The Morgan fingerprint density at radius 2 is 2.03 bits per heavy atom. The predicted molar refractivity (Wildman–Crippen MR) is 129 cm³/mol. The van der Waals surface area contributed by atoms with Gasteiger partial charge in [-0.2, -0.15) is 5.26 Å². The van der Waals surface area contributed by atoms with Crippen LogP contribution in [0.2, 0.25) is 0 Å². The minimum atomic E-state index is -0.783. The highest BCUT2D eigenvalue weighted by Crippen LogP contribution is 2.47. The number of rotatable bonds is 7. The number of nitrogens with two attached hydrogens (primary N) is 1. The molecule has 1 saturated carbocycles. The molecular formula is C26H22FN5O4. The zero-order valence-electron chi connectivity index (χ0n) is 19.2. The predicted octanol–water partition coefficient (Wildman–Crippen LogP) is 4.16. The summed E-state index contributed by atoms with van der Waals surface area (Å²) in [5.74, 6) is -2.19. The number of nitrogens with one attached hydrogen (secondary N) is 2. The van der Waals surface area contributed by atoms with Crippen LogP contribution in [0.25, 0.3) is 0 Å². The Balaban J connectivity index is 1.56. The molecule has 36 heavy (non-hydrogen) atoms. The minimum absolute atomic E-state index is 0.0494. The molecule has 2 atom stereocenters. The highest BCUT2D eigenvalue weighted by atomic mass is 19.1. The number of pyridine rings is 1. The van der Waals surface area contributed by atoms with Crippen LogP contribution in [0.15, 0.2) is 54.7 Å². The molecule has 1 fully saturated rings. The lowest BCUT2D eigenvalue weighted by atomic mass is 9.99. The molecule has 10 heteroatoms. The molecule has 0 bridgehead atoms. The maximum Gasteiger partial charge on any atom is 0.343 e. The van der Waals surface area contributed by atoms with E-state index in [0.717, 1.165) is 6.07 Å². The van der Waals surface area contributed by atoms with Crippen LogP contribution in [0.5, 0.6) is 5.75 Å². The van der Waals surface area contributed by atoms with Gasteiger partial charge in [0.15, 0.2) is 5.78 Å². The number of Topliss-reactive ketones (excluding diaryl/α,β-unsaturated/α-hetero) is 1. The Labute approximate surface area is 206 Å². The first-order chi connectivity index (χ1) is 17.3. The number of hydrogen-bond donors (Lipinski definition) is 3. The normalized spacial score (nSPS) is 15.9. The number of urea groups is 1. The van der Waals surface area contributed by atoms with E-state index in [1.807, 2.05) is 6.07 Å². The summed E-state index contributed by atoms with van der Waals surface area (Å²) in [5, 5.41) is 14.1. The van der Waals surface area contributed by atoms with E-state index in [2.05, 4.69) is 15.6 Å². The average Bonchev–Trinajstić information content (AvgIpc) is 3.62. The van der Waals surface area contributed by atoms with Gasteiger partial charge in [0.2, 0.25) is 0 Å². The third-order valence-electron chi connectivity index (χ3n) is 5.69. The Morgan fingerprint density at radius 3 is 2.69 bits per heavy atom. The molecule has 0 radical (unpaired) electrons. The van der Waals surface area contributed by atoms with E-state index in [9.17, 15) is 14.4 Å². The Morgan fingerprint density at radius 1 is 1.22 bits per heavy atom. The molecule has 0 aliphatic heterocycles. The van der Waals surface area contributed by atoms with Gasteiger partial charge in [-0.25, -0.2) is 19.0 Å². The van der Waals surface area contributed by atoms with E-state index in [1.54, 1.807) is 19.1 Å². The molecule has 182 valence electrons. The molecule has 0 saturated heterocycles. The number of esters is 1. The van der Waals surface area contributed by atoms with Crippen LogP contribution in [0.1, 0.15) is 57.5 Å². The number of anilines is 2. The number of nitrogen functional groups attached to an aromatic ring is 1. The Kier molecular flexibility index (Phi) is 6.92. The van der Waals surface area contributed by atoms with Crippen molar-refractivity contribution in [3.05, 3.63) is 82.8 Å². The molecular weight excluding hydrogens is 465 g/mol. The number of hydrogen-bond acceptors (Lipinski definition) is 7. The smallest absolute Gasteiger partial charge is 0.343 e.